The molecule has 2 amide bonds. The van der Waals surface area contributed by atoms with Crippen LogP contribution in [0.15, 0.2) is 30.3 Å². The predicted molar refractivity (Wildman–Crippen MR) is 98.5 cm³/mol. The van der Waals surface area contributed by atoms with Crippen LogP contribution in [0.3, 0.4) is 0 Å². The van der Waals surface area contributed by atoms with E-state index in [0.717, 1.165) is 25.9 Å². The quantitative estimate of drug-likeness (QED) is 0.902. The van der Waals surface area contributed by atoms with Crippen LogP contribution < -0.4 is 5.32 Å². The molecule has 2 aromatic rings. The maximum atomic E-state index is 12.6. The number of aromatic nitrogens is 1. The number of thiazole rings is 1. The molecule has 26 heavy (non-hydrogen) atoms. The summed E-state index contributed by atoms with van der Waals surface area (Å²) in [5.74, 6) is -0.576. The minimum atomic E-state index is -0.326. The number of hydrogen-bond acceptors (Lipinski definition) is 5. The van der Waals surface area contributed by atoms with Gasteiger partial charge < -0.3 is 4.90 Å². The van der Waals surface area contributed by atoms with Gasteiger partial charge in [0.05, 0.1) is 16.5 Å². The fraction of sp³-hybridized carbons (Fsp3) is 0.368. The average Bonchev–Trinajstić information content (AvgIpc) is 3.31. The van der Waals surface area contributed by atoms with Gasteiger partial charge in [-0.3, -0.25) is 19.7 Å². The Morgan fingerprint density at radius 3 is 2.58 bits per heavy atom. The van der Waals surface area contributed by atoms with Crippen LogP contribution in [0.2, 0.25) is 0 Å². The summed E-state index contributed by atoms with van der Waals surface area (Å²) in [4.78, 5) is 44.2. The summed E-state index contributed by atoms with van der Waals surface area (Å²) in [5, 5.41) is 3.16. The fourth-order valence-electron chi connectivity index (χ4n) is 3.51. The van der Waals surface area contributed by atoms with Crippen molar-refractivity contribution >= 4 is 34.1 Å². The highest BCUT2D eigenvalue weighted by Crippen LogP contribution is 2.33. The molecule has 1 aliphatic carbocycles. The summed E-state index contributed by atoms with van der Waals surface area (Å²) in [7, 11) is 0. The minimum Gasteiger partial charge on any atom is -0.342 e. The Balaban J connectivity index is 1.49. The molecule has 1 aromatic carbocycles. The second-order valence-corrected chi connectivity index (χ2v) is 7.67. The molecule has 1 aliphatic heterocycles. The second-order valence-electron chi connectivity index (χ2n) is 6.68. The molecular formula is C19H19N3O3S. The Morgan fingerprint density at radius 1 is 1.12 bits per heavy atom. The van der Waals surface area contributed by atoms with E-state index >= 15 is 0 Å². The standard InChI is InChI=1S/C19H19N3O3S/c23-15-11-13(18(25)22-8-4-5-9-22)10-14-16(15)26-19(20-14)21-17(24)12-6-2-1-3-7-12/h1-3,6-7,13H,4-5,8-11H2,(H,20,21,24)/t13-/m1/s1. The first-order valence-electron chi connectivity index (χ1n) is 8.80. The fourth-order valence-corrected chi connectivity index (χ4v) is 4.45. The molecule has 0 bridgehead atoms. The third kappa shape index (κ3) is 3.26. The van der Waals surface area contributed by atoms with E-state index in [1.165, 1.54) is 11.3 Å². The van der Waals surface area contributed by atoms with E-state index in [-0.39, 0.29) is 29.9 Å². The maximum Gasteiger partial charge on any atom is 0.257 e. The van der Waals surface area contributed by atoms with Crippen molar-refractivity contribution in [1.29, 1.82) is 0 Å². The van der Waals surface area contributed by atoms with Crippen molar-refractivity contribution < 1.29 is 14.4 Å². The number of rotatable bonds is 3. The van der Waals surface area contributed by atoms with E-state index in [4.69, 9.17) is 0 Å². The molecular weight excluding hydrogens is 350 g/mol. The summed E-state index contributed by atoms with van der Waals surface area (Å²) in [5.41, 5.74) is 1.17. The second kappa shape index (κ2) is 6.99. The number of likely N-dealkylation sites (tertiary alicyclic amines) is 1. The maximum absolute atomic E-state index is 12.6. The van der Waals surface area contributed by atoms with Crippen LogP contribution >= 0.6 is 11.3 Å². The van der Waals surface area contributed by atoms with Crippen LogP contribution in [0.5, 0.6) is 0 Å². The van der Waals surface area contributed by atoms with Crippen molar-refractivity contribution in [1.82, 2.24) is 9.88 Å². The molecule has 0 saturated carbocycles. The van der Waals surface area contributed by atoms with Crippen molar-refractivity contribution in [2.45, 2.75) is 25.7 Å². The monoisotopic (exact) mass is 369 g/mol. The van der Waals surface area contributed by atoms with Crippen molar-refractivity contribution in [3.05, 3.63) is 46.5 Å². The predicted octanol–water partition coefficient (Wildman–Crippen LogP) is 2.76. The molecule has 4 rings (SSSR count). The first-order chi connectivity index (χ1) is 12.6. The lowest BCUT2D eigenvalue weighted by atomic mass is 9.89. The smallest absolute Gasteiger partial charge is 0.257 e. The number of hydrogen-bond donors (Lipinski definition) is 1. The lowest BCUT2D eigenvalue weighted by Gasteiger charge is -2.24. The summed E-state index contributed by atoms with van der Waals surface area (Å²) in [6.07, 6.45) is 2.76. The number of ketones is 1. The van der Waals surface area contributed by atoms with Gasteiger partial charge in [0, 0.05) is 31.5 Å². The number of carbonyl (C=O) groups excluding carboxylic acids is 3. The number of nitrogens with one attached hydrogen (secondary N) is 1. The summed E-state index contributed by atoms with van der Waals surface area (Å²) in [6.45, 7) is 1.57. The van der Waals surface area contributed by atoms with E-state index in [2.05, 4.69) is 10.3 Å². The van der Waals surface area contributed by atoms with Gasteiger partial charge in [-0.25, -0.2) is 4.98 Å². The molecule has 134 valence electrons. The third-order valence-corrected chi connectivity index (χ3v) is 5.90. The first kappa shape index (κ1) is 16.9. The molecule has 6 nitrogen and oxygen atoms in total. The zero-order chi connectivity index (χ0) is 18.1. The van der Waals surface area contributed by atoms with Gasteiger partial charge in [-0.15, -0.1) is 0 Å². The Bertz CT molecular complexity index is 856. The largest absolute Gasteiger partial charge is 0.342 e. The number of anilines is 1. The molecule has 1 saturated heterocycles. The molecule has 1 aromatic heterocycles. The van der Waals surface area contributed by atoms with Gasteiger partial charge in [-0.05, 0) is 25.0 Å². The normalized spacial score (nSPS) is 19.3. The van der Waals surface area contributed by atoms with Crippen LogP contribution in [-0.2, 0) is 11.2 Å². The van der Waals surface area contributed by atoms with Crippen LogP contribution in [0.1, 0.15) is 45.0 Å². The van der Waals surface area contributed by atoms with E-state index in [0.29, 0.717) is 27.7 Å². The number of benzene rings is 1. The molecule has 2 heterocycles. The van der Waals surface area contributed by atoms with Crippen molar-refractivity contribution in [2.24, 2.45) is 5.92 Å². The van der Waals surface area contributed by atoms with E-state index < -0.39 is 0 Å². The summed E-state index contributed by atoms with van der Waals surface area (Å²) < 4.78 is 0. The van der Waals surface area contributed by atoms with Gasteiger partial charge in [-0.2, -0.15) is 0 Å². The van der Waals surface area contributed by atoms with Crippen molar-refractivity contribution in [3.8, 4) is 0 Å². The van der Waals surface area contributed by atoms with E-state index in [9.17, 15) is 14.4 Å². The topological polar surface area (TPSA) is 79.4 Å². The Hall–Kier alpha value is -2.54. The Kier molecular flexibility index (Phi) is 4.55. The molecule has 0 radical (unpaired) electrons. The van der Waals surface area contributed by atoms with Crippen LogP contribution in [0, 0.1) is 5.92 Å². The van der Waals surface area contributed by atoms with Crippen LogP contribution in [0.4, 0.5) is 5.13 Å². The number of amides is 2. The molecule has 2 aliphatic rings. The van der Waals surface area contributed by atoms with E-state index in [1.54, 1.807) is 24.3 Å². The van der Waals surface area contributed by atoms with Gasteiger partial charge in [0.1, 0.15) is 0 Å². The highest BCUT2D eigenvalue weighted by molar-refractivity contribution is 7.17. The SMILES string of the molecule is O=C(Nc1nc2c(s1)C(=O)C[C@H](C(=O)N1CCCC1)C2)c1ccccc1. The number of Topliss-reactive ketones (excluding diaryl/α,β-unsaturated/α-hetero) is 1. The van der Waals surface area contributed by atoms with Crippen molar-refractivity contribution in [3.63, 3.8) is 0 Å². The average molecular weight is 369 g/mol. The zero-order valence-electron chi connectivity index (χ0n) is 14.2. The van der Waals surface area contributed by atoms with Gasteiger partial charge in [0.15, 0.2) is 10.9 Å². The molecule has 1 N–H and O–H groups in total. The zero-order valence-corrected chi connectivity index (χ0v) is 15.1. The van der Waals surface area contributed by atoms with Gasteiger partial charge >= 0.3 is 0 Å². The number of fused-ring (bicyclic) bond motifs is 1. The lowest BCUT2D eigenvalue weighted by molar-refractivity contribution is -0.134. The first-order valence-corrected chi connectivity index (χ1v) is 9.61. The molecule has 1 atom stereocenters. The van der Waals surface area contributed by atoms with Gasteiger partial charge in [0.25, 0.3) is 5.91 Å². The van der Waals surface area contributed by atoms with E-state index in [1.807, 2.05) is 11.0 Å². The number of carbonyl (C=O) groups is 3. The molecule has 1 fully saturated rings. The summed E-state index contributed by atoms with van der Waals surface area (Å²) >= 11 is 1.19. The summed E-state index contributed by atoms with van der Waals surface area (Å²) in [6, 6.07) is 8.87. The third-order valence-electron chi connectivity index (χ3n) is 4.85. The van der Waals surface area contributed by atoms with Crippen LogP contribution in [-0.4, -0.2) is 40.6 Å². The van der Waals surface area contributed by atoms with Crippen LogP contribution in [0.25, 0.3) is 0 Å². The van der Waals surface area contributed by atoms with Gasteiger partial charge in [0.2, 0.25) is 5.91 Å². The Labute approximate surface area is 155 Å². The molecule has 0 spiro atoms. The Morgan fingerprint density at radius 2 is 1.85 bits per heavy atom. The lowest BCUT2D eigenvalue weighted by Crippen LogP contribution is -2.37. The number of nitrogens with zero attached hydrogens (tertiary/aromatic N) is 2. The minimum absolute atomic E-state index is 0.0542. The van der Waals surface area contributed by atoms with Gasteiger partial charge in [-0.1, -0.05) is 29.5 Å². The molecule has 0 unspecified atom stereocenters. The highest BCUT2D eigenvalue weighted by Gasteiger charge is 2.35. The van der Waals surface area contributed by atoms with Crippen molar-refractivity contribution in [2.75, 3.05) is 18.4 Å². The molecule has 7 heteroatoms. The highest BCUT2D eigenvalue weighted by atomic mass is 32.1.